The third kappa shape index (κ3) is 2.25. The molecule has 3 rings (SSSR count). The van der Waals surface area contributed by atoms with E-state index >= 15 is 0 Å². The Morgan fingerprint density at radius 1 is 1.00 bits per heavy atom. The highest BCUT2D eigenvalue weighted by atomic mass is 16.5. The summed E-state index contributed by atoms with van der Waals surface area (Å²) in [5, 5.41) is 0. The number of carbonyl (C=O) groups excluding carboxylic acids is 1. The van der Waals surface area contributed by atoms with Gasteiger partial charge in [0.05, 0.1) is 12.5 Å². The first-order valence-electron chi connectivity index (χ1n) is 7.51. The van der Waals surface area contributed by atoms with Gasteiger partial charge in [-0.05, 0) is 49.1 Å². The van der Waals surface area contributed by atoms with Crippen molar-refractivity contribution in [1.29, 1.82) is 0 Å². The molecule has 0 spiro atoms. The fourth-order valence-electron chi connectivity index (χ4n) is 3.15. The molecule has 0 heterocycles. The van der Waals surface area contributed by atoms with Crippen molar-refractivity contribution in [3.05, 3.63) is 71.3 Å². The van der Waals surface area contributed by atoms with Crippen molar-refractivity contribution < 1.29 is 9.53 Å². The Morgan fingerprint density at radius 3 is 2.18 bits per heavy atom. The number of carbonyl (C=O) groups is 1. The van der Waals surface area contributed by atoms with Gasteiger partial charge in [-0.2, -0.15) is 0 Å². The zero-order chi connectivity index (χ0) is 15.7. The van der Waals surface area contributed by atoms with Gasteiger partial charge >= 0.3 is 0 Å². The van der Waals surface area contributed by atoms with Gasteiger partial charge in [0.25, 0.3) is 0 Å². The van der Waals surface area contributed by atoms with Crippen molar-refractivity contribution in [2.75, 3.05) is 7.11 Å². The summed E-state index contributed by atoms with van der Waals surface area (Å²) in [5.74, 6) is 1.04. The summed E-state index contributed by atoms with van der Waals surface area (Å²) in [5.41, 5.74) is 3.84. The van der Waals surface area contributed by atoms with Crippen LogP contribution in [-0.2, 0) is 11.2 Å². The molecule has 0 amide bonds. The molecular formula is C20H20O2. The van der Waals surface area contributed by atoms with Crippen LogP contribution >= 0.6 is 0 Å². The molecule has 0 saturated heterocycles. The van der Waals surface area contributed by atoms with Crippen molar-refractivity contribution in [2.45, 2.75) is 20.3 Å². The minimum atomic E-state index is -0.378. The van der Waals surface area contributed by atoms with Gasteiger partial charge in [-0.15, -0.1) is 0 Å². The molecule has 0 fully saturated rings. The van der Waals surface area contributed by atoms with Crippen molar-refractivity contribution >= 4 is 11.4 Å². The van der Waals surface area contributed by atoms with E-state index in [-0.39, 0.29) is 11.2 Å². The fraction of sp³-hybridized carbons (Fsp3) is 0.250. The van der Waals surface area contributed by atoms with Crippen LogP contribution in [0.25, 0.3) is 5.57 Å². The summed E-state index contributed by atoms with van der Waals surface area (Å²) >= 11 is 0. The molecule has 112 valence electrons. The molecule has 22 heavy (non-hydrogen) atoms. The topological polar surface area (TPSA) is 26.3 Å². The zero-order valence-electron chi connectivity index (χ0n) is 13.2. The predicted molar refractivity (Wildman–Crippen MR) is 88.8 cm³/mol. The van der Waals surface area contributed by atoms with E-state index in [2.05, 4.69) is 19.1 Å². The Balaban J connectivity index is 1.90. The van der Waals surface area contributed by atoms with Crippen molar-refractivity contribution in [3.63, 3.8) is 0 Å². The molecule has 0 N–H and O–H groups in total. The number of benzene rings is 2. The van der Waals surface area contributed by atoms with Crippen LogP contribution in [0.1, 0.15) is 25.0 Å². The number of allylic oxidation sites excluding steroid dienone is 2. The zero-order valence-corrected chi connectivity index (χ0v) is 13.2. The maximum absolute atomic E-state index is 12.8. The van der Waals surface area contributed by atoms with Crippen molar-refractivity contribution in [2.24, 2.45) is 5.41 Å². The first-order valence-corrected chi connectivity index (χ1v) is 7.51. The lowest BCUT2D eigenvalue weighted by Crippen LogP contribution is -2.41. The van der Waals surface area contributed by atoms with Crippen LogP contribution in [0.4, 0.5) is 0 Å². The van der Waals surface area contributed by atoms with Crippen LogP contribution in [0, 0.1) is 5.41 Å². The second-order valence-electron chi connectivity index (χ2n) is 6.05. The van der Waals surface area contributed by atoms with Crippen LogP contribution in [-0.4, -0.2) is 12.9 Å². The van der Waals surface area contributed by atoms with E-state index in [1.54, 1.807) is 7.11 Å². The first kappa shape index (κ1) is 14.6. The predicted octanol–water partition coefficient (Wildman–Crippen LogP) is 4.30. The molecule has 2 heteroatoms. The smallest absolute Gasteiger partial charge is 0.173 e. The summed E-state index contributed by atoms with van der Waals surface area (Å²) in [6.07, 6.45) is 0.762. The van der Waals surface area contributed by atoms with Gasteiger partial charge in [0.1, 0.15) is 5.75 Å². The maximum atomic E-state index is 12.8. The highest BCUT2D eigenvalue weighted by Gasteiger charge is 2.47. The highest BCUT2D eigenvalue weighted by molar-refractivity contribution is 6.32. The van der Waals surface area contributed by atoms with Crippen LogP contribution in [0.15, 0.2) is 60.2 Å². The summed E-state index contributed by atoms with van der Waals surface area (Å²) < 4.78 is 5.17. The van der Waals surface area contributed by atoms with Gasteiger partial charge in [-0.25, -0.2) is 0 Å². The lowest BCUT2D eigenvalue weighted by Gasteiger charge is -2.40. The molecule has 1 unspecified atom stereocenters. The van der Waals surface area contributed by atoms with E-state index < -0.39 is 0 Å². The average Bonchev–Trinajstić information content (AvgIpc) is 2.56. The largest absolute Gasteiger partial charge is 0.497 e. The molecule has 0 radical (unpaired) electrons. The SMILES string of the molecule is COc1ccc(C2=C(C)C(C)(Cc3ccccc3)C2=O)cc1. The van der Waals surface area contributed by atoms with Crippen LogP contribution in [0.5, 0.6) is 5.75 Å². The molecule has 1 atom stereocenters. The van der Waals surface area contributed by atoms with Crippen LogP contribution < -0.4 is 4.74 Å². The van der Waals surface area contributed by atoms with Gasteiger partial charge in [0, 0.05) is 5.57 Å². The standard InChI is InChI=1S/C20H20O2/c1-14-18(16-9-11-17(22-3)12-10-16)19(21)20(14,2)13-15-7-5-4-6-8-15/h4-12H,13H2,1-3H3. The van der Waals surface area contributed by atoms with Crippen LogP contribution in [0.3, 0.4) is 0 Å². The molecule has 0 aliphatic heterocycles. The molecule has 1 aliphatic carbocycles. The molecule has 1 aliphatic rings. The van der Waals surface area contributed by atoms with E-state index in [9.17, 15) is 4.79 Å². The number of hydrogen-bond acceptors (Lipinski definition) is 2. The second-order valence-corrected chi connectivity index (χ2v) is 6.05. The fourth-order valence-corrected chi connectivity index (χ4v) is 3.15. The van der Waals surface area contributed by atoms with Crippen LogP contribution in [0.2, 0.25) is 0 Å². The molecular weight excluding hydrogens is 272 g/mol. The van der Waals surface area contributed by atoms with Gasteiger partial charge in [0.15, 0.2) is 5.78 Å². The minimum absolute atomic E-state index is 0.235. The van der Waals surface area contributed by atoms with Gasteiger partial charge in [-0.1, -0.05) is 42.5 Å². The lowest BCUT2D eigenvalue weighted by molar-refractivity contribution is -0.122. The Kier molecular flexibility index (Phi) is 3.61. The molecule has 2 aromatic carbocycles. The Hall–Kier alpha value is -2.35. The summed E-state index contributed by atoms with van der Waals surface area (Å²) in [4.78, 5) is 12.8. The number of Topliss-reactive ketones (excluding diaryl/α,β-unsaturated/α-hetero) is 1. The lowest BCUT2D eigenvalue weighted by atomic mass is 9.60. The number of rotatable bonds is 4. The third-order valence-electron chi connectivity index (χ3n) is 4.71. The minimum Gasteiger partial charge on any atom is -0.497 e. The van der Waals surface area contributed by atoms with E-state index in [0.29, 0.717) is 0 Å². The molecule has 2 aromatic rings. The second kappa shape index (κ2) is 5.45. The van der Waals surface area contributed by atoms with E-state index in [1.807, 2.05) is 49.4 Å². The highest BCUT2D eigenvalue weighted by Crippen LogP contribution is 2.49. The Bertz CT molecular complexity index is 726. The maximum Gasteiger partial charge on any atom is 0.173 e. The van der Waals surface area contributed by atoms with Gasteiger partial charge in [-0.3, -0.25) is 4.79 Å². The van der Waals surface area contributed by atoms with E-state index in [4.69, 9.17) is 4.74 Å². The first-order chi connectivity index (χ1) is 10.6. The van der Waals surface area contributed by atoms with Crippen molar-refractivity contribution in [3.8, 4) is 5.75 Å². The molecule has 0 saturated carbocycles. The van der Waals surface area contributed by atoms with Crippen molar-refractivity contribution in [1.82, 2.24) is 0 Å². The van der Waals surface area contributed by atoms with Gasteiger partial charge < -0.3 is 4.74 Å². The Labute approximate surface area is 131 Å². The molecule has 2 nitrogen and oxygen atoms in total. The number of methoxy groups -OCH3 is 1. The van der Waals surface area contributed by atoms with Gasteiger partial charge in [0.2, 0.25) is 0 Å². The quantitative estimate of drug-likeness (QED) is 0.839. The molecule has 0 aromatic heterocycles. The summed E-state index contributed by atoms with van der Waals surface area (Å²) in [6, 6.07) is 17.9. The van der Waals surface area contributed by atoms with E-state index in [0.717, 1.165) is 23.3 Å². The average molecular weight is 292 g/mol. The monoisotopic (exact) mass is 292 g/mol. The number of ketones is 1. The summed E-state index contributed by atoms with van der Waals surface area (Å²) in [6.45, 7) is 4.12. The molecule has 0 bridgehead atoms. The third-order valence-corrected chi connectivity index (χ3v) is 4.71. The number of ether oxygens (including phenoxy) is 1. The summed E-state index contributed by atoms with van der Waals surface area (Å²) in [7, 11) is 1.64. The number of hydrogen-bond donors (Lipinski definition) is 0. The van der Waals surface area contributed by atoms with E-state index in [1.165, 1.54) is 11.1 Å². The Morgan fingerprint density at radius 2 is 1.64 bits per heavy atom. The normalized spacial score (nSPS) is 20.8.